The molecule has 9 heteroatoms. The number of amides is 1. The zero-order chi connectivity index (χ0) is 26.1. The van der Waals surface area contributed by atoms with Gasteiger partial charge in [0.15, 0.2) is 0 Å². The van der Waals surface area contributed by atoms with E-state index in [0.717, 1.165) is 50.2 Å². The quantitative estimate of drug-likeness (QED) is 0.288. The Morgan fingerprint density at radius 1 is 1.36 bits per heavy atom. The van der Waals surface area contributed by atoms with Crippen LogP contribution in [0, 0.1) is 25.2 Å². The lowest BCUT2D eigenvalue weighted by Crippen LogP contribution is -2.48. The Morgan fingerprint density at radius 3 is 2.72 bits per heavy atom. The lowest BCUT2D eigenvalue weighted by Gasteiger charge is -2.38. The SMILES string of the molecule is CCN/C(=C\C#N)C(NC1CCN([C@H](C)CCNC(=O)c2c(C)cc(Cl)nc2C)CC1)c1ccsc1. The third-order valence-corrected chi connectivity index (χ3v) is 7.68. The van der Waals surface area contributed by atoms with Gasteiger partial charge in [-0.2, -0.15) is 16.6 Å². The molecule has 1 amide bonds. The number of halogens is 1. The molecular weight excluding hydrogens is 492 g/mol. The van der Waals surface area contributed by atoms with Gasteiger partial charge in [-0.3, -0.25) is 4.79 Å². The fourth-order valence-corrected chi connectivity index (χ4v) is 5.83. The number of piperidine rings is 1. The average Bonchev–Trinajstić information content (AvgIpc) is 3.37. The van der Waals surface area contributed by atoms with E-state index in [1.165, 1.54) is 5.56 Å². The van der Waals surface area contributed by atoms with Crippen molar-refractivity contribution in [3.8, 4) is 6.07 Å². The van der Waals surface area contributed by atoms with Crippen LogP contribution in [-0.4, -0.2) is 54.1 Å². The van der Waals surface area contributed by atoms with E-state index in [0.29, 0.717) is 35.0 Å². The molecule has 1 unspecified atom stereocenters. The van der Waals surface area contributed by atoms with Crippen LogP contribution in [-0.2, 0) is 0 Å². The summed E-state index contributed by atoms with van der Waals surface area (Å²) < 4.78 is 0. The molecule has 0 spiro atoms. The van der Waals surface area contributed by atoms with E-state index in [1.807, 2.05) is 20.8 Å². The summed E-state index contributed by atoms with van der Waals surface area (Å²) in [6.07, 6.45) is 4.58. The fourth-order valence-electron chi connectivity index (χ4n) is 4.85. The van der Waals surface area contributed by atoms with Crippen molar-refractivity contribution >= 4 is 28.8 Å². The molecule has 1 fully saturated rings. The number of nitrogens with zero attached hydrogens (tertiary/aromatic N) is 3. The van der Waals surface area contributed by atoms with Gasteiger partial charge >= 0.3 is 0 Å². The third-order valence-electron chi connectivity index (χ3n) is 6.78. The van der Waals surface area contributed by atoms with Gasteiger partial charge in [-0.1, -0.05) is 11.6 Å². The first-order chi connectivity index (χ1) is 17.3. The monoisotopic (exact) mass is 528 g/mol. The number of likely N-dealkylation sites (N-methyl/N-ethyl adjacent to an activating group) is 1. The third kappa shape index (κ3) is 7.53. The van der Waals surface area contributed by atoms with E-state index in [-0.39, 0.29) is 11.9 Å². The minimum atomic E-state index is -0.0920. The van der Waals surface area contributed by atoms with Gasteiger partial charge in [-0.25, -0.2) is 4.98 Å². The van der Waals surface area contributed by atoms with Crippen molar-refractivity contribution < 1.29 is 4.79 Å². The van der Waals surface area contributed by atoms with Crippen molar-refractivity contribution in [3.63, 3.8) is 0 Å². The molecule has 1 saturated heterocycles. The molecule has 0 radical (unpaired) electrons. The van der Waals surface area contributed by atoms with Crippen molar-refractivity contribution in [2.24, 2.45) is 0 Å². The van der Waals surface area contributed by atoms with Gasteiger partial charge in [0.2, 0.25) is 0 Å². The van der Waals surface area contributed by atoms with Crippen LogP contribution in [0.1, 0.15) is 66.3 Å². The Hall–Kier alpha value is -2.44. The Kier molecular flexibility index (Phi) is 10.7. The predicted molar refractivity (Wildman–Crippen MR) is 147 cm³/mol. The number of likely N-dealkylation sites (tertiary alicyclic amines) is 1. The molecule has 2 aromatic rings. The highest BCUT2D eigenvalue weighted by Gasteiger charge is 2.27. The number of carbonyl (C=O) groups excluding carboxylic acids is 1. The summed E-state index contributed by atoms with van der Waals surface area (Å²) in [7, 11) is 0. The van der Waals surface area contributed by atoms with Crippen LogP contribution in [0.3, 0.4) is 0 Å². The summed E-state index contributed by atoms with van der Waals surface area (Å²) in [5, 5.41) is 24.2. The highest BCUT2D eigenvalue weighted by molar-refractivity contribution is 7.08. The molecule has 3 rings (SSSR count). The number of carbonyl (C=O) groups is 1. The highest BCUT2D eigenvalue weighted by Crippen LogP contribution is 2.26. The van der Waals surface area contributed by atoms with Gasteiger partial charge in [0, 0.05) is 36.9 Å². The molecule has 2 aromatic heterocycles. The first kappa shape index (κ1) is 28.1. The van der Waals surface area contributed by atoms with Crippen molar-refractivity contribution in [2.45, 2.75) is 65.1 Å². The average molecular weight is 529 g/mol. The smallest absolute Gasteiger partial charge is 0.253 e. The minimum absolute atomic E-state index is 0.00527. The Bertz CT molecular complexity index is 1050. The molecule has 7 nitrogen and oxygen atoms in total. The summed E-state index contributed by atoms with van der Waals surface area (Å²) in [6, 6.07) is 6.79. The summed E-state index contributed by atoms with van der Waals surface area (Å²) in [5.41, 5.74) is 4.22. The number of nitriles is 1. The number of thiophene rings is 1. The zero-order valence-corrected chi connectivity index (χ0v) is 23.2. The molecule has 1 aliphatic heterocycles. The Balaban J connectivity index is 1.49. The van der Waals surface area contributed by atoms with Gasteiger partial charge in [0.25, 0.3) is 5.91 Å². The molecule has 3 N–H and O–H groups in total. The van der Waals surface area contributed by atoms with Crippen LogP contribution in [0.25, 0.3) is 0 Å². The van der Waals surface area contributed by atoms with Crippen molar-refractivity contribution in [1.82, 2.24) is 25.8 Å². The predicted octanol–water partition coefficient (Wildman–Crippen LogP) is 4.73. The molecule has 0 aliphatic carbocycles. The maximum atomic E-state index is 12.7. The number of nitrogens with one attached hydrogen (secondary N) is 3. The Morgan fingerprint density at radius 2 is 2.11 bits per heavy atom. The molecule has 0 bridgehead atoms. The van der Waals surface area contributed by atoms with E-state index < -0.39 is 0 Å². The lowest BCUT2D eigenvalue weighted by atomic mass is 9.98. The van der Waals surface area contributed by atoms with Crippen LogP contribution in [0.4, 0.5) is 0 Å². The van der Waals surface area contributed by atoms with E-state index in [2.05, 4.69) is 55.7 Å². The number of allylic oxidation sites excluding steroid dienone is 1. The number of hydrogen-bond acceptors (Lipinski definition) is 7. The summed E-state index contributed by atoms with van der Waals surface area (Å²) in [6.45, 7) is 11.4. The topological polar surface area (TPSA) is 93.1 Å². The van der Waals surface area contributed by atoms with Crippen LogP contribution in [0.5, 0.6) is 0 Å². The number of aromatic nitrogens is 1. The molecule has 1 aliphatic rings. The Labute approximate surface area is 223 Å². The molecule has 0 aromatic carbocycles. The van der Waals surface area contributed by atoms with Gasteiger partial charge in [0.05, 0.1) is 23.4 Å². The standard InChI is InChI=1S/C27H37ClN6OS/c1-5-30-23(6-11-29)26(21-10-15-36-17-21)33-22-8-13-34(14-9-22)19(3)7-12-31-27(35)25-18(2)16-24(28)32-20(25)4/h6,10,15-17,19,22,26,30,33H,5,7-9,12-14H2,1-4H3,(H,31,35)/b23-6-/t19-,26?/m1/s1. The van der Waals surface area contributed by atoms with E-state index in [9.17, 15) is 10.1 Å². The molecule has 0 saturated carbocycles. The van der Waals surface area contributed by atoms with Gasteiger partial charge in [-0.05, 0) is 94.1 Å². The summed E-state index contributed by atoms with van der Waals surface area (Å²) in [5.74, 6) is -0.0920. The number of hydrogen-bond donors (Lipinski definition) is 3. The second-order valence-electron chi connectivity index (χ2n) is 9.34. The number of pyridine rings is 1. The highest BCUT2D eigenvalue weighted by atomic mass is 35.5. The van der Waals surface area contributed by atoms with E-state index >= 15 is 0 Å². The first-order valence-corrected chi connectivity index (χ1v) is 13.9. The first-order valence-electron chi connectivity index (χ1n) is 12.6. The maximum absolute atomic E-state index is 12.7. The van der Waals surface area contributed by atoms with Crippen molar-refractivity contribution in [3.05, 3.63) is 62.2 Å². The number of aryl methyl sites for hydroxylation is 2. The second-order valence-corrected chi connectivity index (χ2v) is 10.5. The molecule has 2 atom stereocenters. The van der Waals surface area contributed by atoms with Gasteiger partial charge in [0.1, 0.15) is 5.15 Å². The molecule has 36 heavy (non-hydrogen) atoms. The van der Waals surface area contributed by atoms with Gasteiger partial charge in [-0.15, -0.1) is 0 Å². The van der Waals surface area contributed by atoms with Gasteiger partial charge < -0.3 is 20.9 Å². The van der Waals surface area contributed by atoms with Crippen molar-refractivity contribution in [2.75, 3.05) is 26.2 Å². The van der Waals surface area contributed by atoms with Crippen LogP contribution in [0.2, 0.25) is 5.15 Å². The largest absolute Gasteiger partial charge is 0.386 e. The molecule has 194 valence electrons. The van der Waals surface area contributed by atoms with Crippen LogP contribution in [0.15, 0.2) is 34.7 Å². The maximum Gasteiger partial charge on any atom is 0.253 e. The minimum Gasteiger partial charge on any atom is -0.386 e. The zero-order valence-electron chi connectivity index (χ0n) is 21.6. The summed E-state index contributed by atoms with van der Waals surface area (Å²) >= 11 is 7.67. The normalized spacial score (nSPS) is 16.8. The van der Waals surface area contributed by atoms with E-state index in [1.54, 1.807) is 23.5 Å². The number of rotatable bonds is 11. The van der Waals surface area contributed by atoms with Crippen LogP contribution >= 0.6 is 22.9 Å². The second kappa shape index (κ2) is 13.8. The molecule has 3 heterocycles. The summed E-state index contributed by atoms with van der Waals surface area (Å²) in [4.78, 5) is 19.4. The van der Waals surface area contributed by atoms with Crippen LogP contribution < -0.4 is 16.0 Å². The fraction of sp³-hybridized carbons (Fsp3) is 0.519. The lowest BCUT2D eigenvalue weighted by molar-refractivity contribution is 0.0942. The molecular formula is C27H37ClN6OS. The van der Waals surface area contributed by atoms with E-state index in [4.69, 9.17) is 11.6 Å². The van der Waals surface area contributed by atoms with Crippen molar-refractivity contribution in [1.29, 1.82) is 5.26 Å².